The van der Waals surface area contributed by atoms with Gasteiger partial charge >= 0.3 is 5.97 Å². The number of para-hydroxylation sites is 1. The zero-order valence-electron chi connectivity index (χ0n) is 14.0. The highest BCUT2D eigenvalue weighted by molar-refractivity contribution is 6.07. The van der Waals surface area contributed by atoms with Crippen LogP contribution in [-0.2, 0) is 11.2 Å². The Morgan fingerprint density at radius 3 is 2.58 bits per heavy atom. The number of carboxylic acid groups (broad SMARTS) is 1. The SMILES string of the molecule is N#C/C(=C/N1CCCc2ccccc21)C(=O)Nc1ccc(C(=O)O)cc1. The predicted octanol–water partition coefficient (Wildman–Crippen LogP) is 3.18. The van der Waals surface area contributed by atoms with Gasteiger partial charge in [-0.25, -0.2) is 4.79 Å². The monoisotopic (exact) mass is 347 g/mol. The lowest BCUT2D eigenvalue weighted by molar-refractivity contribution is -0.112. The zero-order chi connectivity index (χ0) is 18.5. The molecule has 6 nitrogen and oxygen atoms in total. The minimum atomic E-state index is -1.04. The molecule has 0 saturated carbocycles. The summed E-state index contributed by atoms with van der Waals surface area (Å²) in [5, 5.41) is 20.9. The van der Waals surface area contributed by atoms with E-state index in [2.05, 4.69) is 5.32 Å². The van der Waals surface area contributed by atoms with Crippen LogP contribution in [0.15, 0.2) is 60.3 Å². The Balaban J connectivity index is 1.78. The van der Waals surface area contributed by atoms with Gasteiger partial charge < -0.3 is 15.3 Å². The van der Waals surface area contributed by atoms with Crippen molar-refractivity contribution >= 4 is 23.3 Å². The fourth-order valence-corrected chi connectivity index (χ4v) is 2.89. The average molecular weight is 347 g/mol. The summed E-state index contributed by atoms with van der Waals surface area (Å²) < 4.78 is 0. The van der Waals surface area contributed by atoms with Crippen molar-refractivity contribution in [3.8, 4) is 6.07 Å². The first-order valence-electron chi connectivity index (χ1n) is 8.19. The van der Waals surface area contributed by atoms with Crippen molar-refractivity contribution in [2.45, 2.75) is 12.8 Å². The first-order valence-corrected chi connectivity index (χ1v) is 8.19. The second kappa shape index (κ2) is 7.53. The lowest BCUT2D eigenvalue weighted by Crippen LogP contribution is -2.26. The summed E-state index contributed by atoms with van der Waals surface area (Å²) in [6.07, 6.45) is 3.49. The maximum Gasteiger partial charge on any atom is 0.335 e. The van der Waals surface area contributed by atoms with E-state index in [1.807, 2.05) is 35.2 Å². The third kappa shape index (κ3) is 3.73. The van der Waals surface area contributed by atoms with Gasteiger partial charge in [0, 0.05) is 24.1 Å². The highest BCUT2D eigenvalue weighted by Gasteiger charge is 2.18. The highest BCUT2D eigenvalue weighted by atomic mass is 16.4. The number of carbonyl (C=O) groups is 2. The lowest BCUT2D eigenvalue weighted by atomic mass is 10.0. The number of aromatic carboxylic acids is 1. The Labute approximate surface area is 151 Å². The van der Waals surface area contributed by atoms with Crippen LogP contribution >= 0.6 is 0 Å². The van der Waals surface area contributed by atoms with Crippen molar-refractivity contribution in [2.24, 2.45) is 0 Å². The fourth-order valence-electron chi connectivity index (χ4n) is 2.89. The van der Waals surface area contributed by atoms with Gasteiger partial charge in [0.2, 0.25) is 0 Å². The molecule has 2 aromatic rings. The second-order valence-corrected chi connectivity index (χ2v) is 5.92. The number of hydrogen-bond donors (Lipinski definition) is 2. The topological polar surface area (TPSA) is 93.4 Å². The molecule has 0 aromatic heterocycles. The highest BCUT2D eigenvalue weighted by Crippen LogP contribution is 2.27. The van der Waals surface area contributed by atoms with Gasteiger partial charge in [-0.15, -0.1) is 0 Å². The molecule has 0 unspecified atom stereocenters. The molecule has 0 radical (unpaired) electrons. The van der Waals surface area contributed by atoms with E-state index in [4.69, 9.17) is 5.11 Å². The van der Waals surface area contributed by atoms with E-state index in [9.17, 15) is 14.9 Å². The molecule has 6 heteroatoms. The van der Waals surface area contributed by atoms with Crippen LogP contribution in [0.5, 0.6) is 0 Å². The minimum Gasteiger partial charge on any atom is -0.478 e. The van der Waals surface area contributed by atoms with Crippen molar-refractivity contribution in [3.05, 3.63) is 71.4 Å². The fraction of sp³-hybridized carbons (Fsp3) is 0.150. The van der Waals surface area contributed by atoms with Crippen molar-refractivity contribution < 1.29 is 14.7 Å². The Morgan fingerprint density at radius 2 is 1.88 bits per heavy atom. The number of hydrogen-bond acceptors (Lipinski definition) is 4. The van der Waals surface area contributed by atoms with Crippen LogP contribution in [0.1, 0.15) is 22.3 Å². The normalized spacial score (nSPS) is 13.5. The molecule has 2 aromatic carbocycles. The molecule has 2 N–H and O–H groups in total. The maximum atomic E-state index is 12.4. The summed E-state index contributed by atoms with van der Waals surface area (Å²) in [6, 6.07) is 15.7. The molecule has 3 rings (SSSR count). The average Bonchev–Trinajstić information content (AvgIpc) is 2.66. The molecular formula is C20H17N3O3. The van der Waals surface area contributed by atoms with E-state index >= 15 is 0 Å². The summed E-state index contributed by atoms with van der Waals surface area (Å²) >= 11 is 0. The van der Waals surface area contributed by atoms with Crippen molar-refractivity contribution in [2.75, 3.05) is 16.8 Å². The number of aryl methyl sites for hydroxylation is 1. The lowest BCUT2D eigenvalue weighted by Gasteiger charge is -2.28. The van der Waals surface area contributed by atoms with E-state index in [1.54, 1.807) is 6.20 Å². The van der Waals surface area contributed by atoms with Gasteiger partial charge in [-0.2, -0.15) is 5.26 Å². The van der Waals surface area contributed by atoms with Crippen molar-refractivity contribution in [3.63, 3.8) is 0 Å². The van der Waals surface area contributed by atoms with Crippen LogP contribution in [-0.4, -0.2) is 23.5 Å². The van der Waals surface area contributed by atoms with Crippen LogP contribution < -0.4 is 10.2 Å². The van der Waals surface area contributed by atoms with Crippen LogP contribution in [0.4, 0.5) is 11.4 Å². The molecule has 1 amide bonds. The van der Waals surface area contributed by atoms with Crippen LogP contribution in [0.2, 0.25) is 0 Å². The first kappa shape index (κ1) is 17.2. The summed E-state index contributed by atoms with van der Waals surface area (Å²) in [4.78, 5) is 25.2. The number of carbonyl (C=O) groups excluding carboxylic acids is 1. The van der Waals surface area contributed by atoms with E-state index in [0.717, 1.165) is 25.1 Å². The number of fused-ring (bicyclic) bond motifs is 1. The molecule has 0 atom stereocenters. The predicted molar refractivity (Wildman–Crippen MR) is 97.8 cm³/mol. The third-order valence-corrected chi connectivity index (χ3v) is 4.19. The number of benzene rings is 2. The number of amides is 1. The largest absolute Gasteiger partial charge is 0.478 e. The molecular weight excluding hydrogens is 330 g/mol. The Hall–Kier alpha value is -3.59. The van der Waals surface area contributed by atoms with Gasteiger partial charge in [-0.1, -0.05) is 18.2 Å². The Kier molecular flexibility index (Phi) is 4.99. The van der Waals surface area contributed by atoms with Gasteiger partial charge in [0.1, 0.15) is 11.6 Å². The standard InChI is InChI=1S/C20H17N3O3/c21-12-16(13-23-11-3-5-14-4-1-2-6-18(14)23)19(24)22-17-9-7-15(8-10-17)20(25)26/h1-2,4,6-10,13H,3,5,11H2,(H,22,24)(H,25,26)/b16-13-. The number of nitrogens with zero attached hydrogens (tertiary/aromatic N) is 2. The summed E-state index contributed by atoms with van der Waals surface area (Å²) in [5.41, 5.74) is 2.75. The Morgan fingerprint density at radius 1 is 1.15 bits per heavy atom. The number of nitrogens with one attached hydrogen (secondary N) is 1. The number of anilines is 2. The van der Waals surface area contributed by atoms with Gasteiger partial charge in [-0.3, -0.25) is 4.79 Å². The summed E-state index contributed by atoms with van der Waals surface area (Å²) in [7, 11) is 0. The summed E-state index contributed by atoms with van der Waals surface area (Å²) in [6.45, 7) is 0.739. The molecule has 1 aliphatic rings. The van der Waals surface area contributed by atoms with Gasteiger partial charge in [-0.05, 0) is 48.7 Å². The number of rotatable bonds is 4. The molecule has 0 fully saturated rings. The van der Waals surface area contributed by atoms with Crippen molar-refractivity contribution in [1.29, 1.82) is 5.26 Å². The number of nitriles is 1. The molecule has 1 heterocycles. The van der Waals surface area contributed by atoms with Gasteiger partial charge in [0.15, 0.2) is 0 Å². The zero-order valence-corrected chi connectivity index (χ0v) is 14.0. The molecule has 1 aliphatic heterocycles. The quantitative estimate of drug-likeness (QED) is 0.654. The van der Waals surface area contributed by atoms with E-state index in [1.165, 1.54) is 29.8 Å². The third-order valence-electron chi connectivity index (χ3n) is 4.19. The van der Waals surface area contributed by atoms with Gasteiger partial charge in [0.05, 0.1) is 5.56 Å². The maximum absolute atomic E-state index is 12.4. The van der Waals surface area contributed by atoms with Gasteiger partial charge in [0.25, 0.3) is 5.91 Å². The minimum absolute atomic E-state index is 0.0102. The molecule has 0 spiro atoms. The molecule has 0 saturated heterocycles. The summed E-state index contributed by atoms with van der Waals surface area (Å²) in [5.74, 6) is -1.57. The van der Waals surface area contributed by atoms with E-state index in [-0.39, 0.29) is 11.1 Å². The smallest absolute Gasteiger partial charge is 0.335 e. The van der Waals surface area contributed by atoms with Crippen molar-refractivity contribution in [1.82, 2.24) is 0 Å². The molecule has 0 aliphatic carbocycles. The number of carboxylic acids is 1. The van der Waals surface area contributed by atoms with E-state index < -0.39 is 11.9 Å². The Bertz CT molecular complexity index is 911. The first-order chi connectivity index (χ1) is 12.6. The molecule has 0 bridgehead atoms. The molecule has 26 heavy (non-hydrogen) atoms. The molecule has 130 valence electrons. The van der Waals surface area contributed by atoms with Crippen LogP contribution in [0.25, 0.3) is 0 Å². The van der Waals surface area contributed by atoms with Crippen LogP contribution in [0, 0.1) is 11.3 Å². The second-order valence-electron chi connectivity index (χ2n) is 5.92. The van der Waals surface area contributed by atoms with Crippen LogP contribution in [0.3, 0.4) is 0 Å². The van der Waals surface area contributed by atoms with E-state index in [0.29, 0.717) is 5.69 Å².